The summed E-state index contributed by atoms with van der Waals surface area (Å²) in [5.41, 5.74) is 2.28. The van der Waals surface area contributed by atoms with Crippen molar-refractivity contribution in [2.45, 2.75) is 38.6 Å². The van der Waals surface area contributed by atoms with Crippen LogP contribution in [0, 0.1) is 17.1 Å². The van der Waals surface area contributed by atoms with Gasteiger partial charge >= 0.3 is 0 Å². The number of rotatable bonds is 10. The smallest absolute Gasteiger partial charge is 0.123 e. The molecule has 4 nitrogen and oxygen atoms in total. The van der Waals surface area contributed by atoms with E-state index in [1.807, 2.05) is 18.2 Å². The van der Waals surface area contributed by atoms with E-state index in [1.54, 1.807) is 24.1 Å². The third-order valence-electron chi connectivity index (χ3n) is 4.88. The number of nitrogens with one attached hydrogen (secondary N) is 3. The fraction of sp³-hybridized carbons (Fsp3) is 0.409. The molecule has 1 saturated carbocycles. The van der Waals surface area contributed by atoms with E-state index in [2.05, 4.69) is 17.0 Å². The standard InChI is InChI=1S/C22H28FN3OS/c1-16(26-28-15-17-4-2-3-5-17)14-27-21-10-11-22(18(12-21)13-24)25-20-8-6-19(23)7-9-20/h6-13,16-17,24-26H,2-5,14-15H2,1H3. The van der Waals surface area contributed by atoms with Crippen molar-refractivity contribution in [2.75, 3.05) is 17.7 Å². The Kier molecular flexibility index (Phi) is 7.74. The lowest BCUT2D eigenvalue weighted by Crippen LogP contribution is -2.27. The molecular formula is C22H28FN3OS. The summed E-state index contributed by atoms with van der Waals surface area (Å²) < 4.78 is 22.4. The minimum absolute atomic E-state index is 0.242. The molecule has 0 aliphatic heterocycles. The summed E-state index contributed by atoms with van der Waals surface area (Å²) in [6, 6.07) is 12.0. The van der Waals surface area contributed by atoms with Crippen LogP contribution in [-0.4, -0.2) is 24.6 Å². The lowest BCUT2D eigenvalue weighted by Gasteiger charge is -2.17. The number of hydrogen-bond donors (Lipinski definition) is 3. The van der Waals surface area contributed by atoms with Crippen LogP contribution in [0.4, 0.5) is 15.8 Å². The van der Waals surface area contributed by atoms with Gasteiger partial charge in [-0.25, -0.2) is 4.39 Å². The maximum Gasteiger partial charge on any atom is 0.123 e. The summed E-state index contributed by atoms with van der Waals surface area (Å²) in [5, 5.41) is 10.9. The van der Waals surface area contributed by atoms with E-state index in [0.717, 1.165) is 28.6 Å². The first-order valence-electron chi connectivity index (χ1n) is 9.81. The molecule has 2 aromatic carbocycles. The van der Waals surface area contributed by atoms with E-state index in [-0.39, 0.29) is 11.9 Å². The predicted molar refractivity (Wildman–Crippen MR) is 117 cm³/mol. The molecular weight excluding hydrogens is 373 g/mol. The van der Waals surface area contributed by atoms with Gasteiger partial charge in [0.1, 0.15) is 18.2 Å². The molecule has 3 rings (SSSR count). The molecule has 3 N–H and O–H groups in total. The number of benzene rings is 2. The molecule has 150 valence electrons. The Balaban J connectivity index is 1.48. The molecule has 0 amide bonds. The van der Waals surface area contributed by atoms with Crippen molar-refractivity contribution in [1.82, 2.24) is 4.72 Å². The fourth-order valence-electron chi connectivity index (χ4n) is 3.29. The first-order valence-corrected chi connectivity index (χ1v) is 10.8. The third kappa shape index (κ3) is 6.24. The minimum Gasteiger partial charge on any atom is -0.492 e. The average Bonchev–Trinajstić information content (AvgIpc) is 3.22. The minimum atomic E-state index is -0.272. The van der Waals surface area contributed by atoms with Crippen molar-refractivity contribution in [2.24, 2.45) is 5.92 Å². The molecule has 1 atom stereocenters. The van der Waals surface area contributed by atoms with Gasteiger partial charge in [0, 0.05) is 34.9 Å². The number of halogens is 1. The highest BCUT2D eigenvalue weighted by Gasteiger charge is 2.15. The van der Waals surface area contributed by atoms with Crippen molar-refractivity contribution in [3.8, 4) is 5.75 Å². The van der Waals surface area contributed by atoms with Crippen molar-refractivity contribution in [3.63, 3.8) is 0 Å². The predicted octanol–water partition coefficient (Wildman–Crippen LogP) is 5.76. The summed E-state index contributed by atoms with van der Waals surface area (Å²) in [6.45, 7) is 2.68. The third-order valence-corrected chi connectivity index (χ3v) is 6.09. The van der Waals surface area contributed by atoms with Crippen LogP contribution >= 0.6 is 11.9 Å². The van der Waals surface area contributed by atoms with Crippen molar-refractivity contribution in [3.05, 3.63) is 53.8 Å². The zero-order valence-electron chi connectivity index (χ0n) is 16.2. The summed E-state index contributed by atoms with van der Waals surface area (Å²) in [6.07, 6.45) is 6.78. The van der Waals surface area contributed by atoms with Gasteiger partial charge in [0.2, 0.25) is 0 Å². The Hall–Kier alpha value is -2.05. The second kappa shape index (κ2) is 10.5. The van der Waals surface area contributed by atoms with E-state index in [9.17, 15) is 4.39 Å². The van der Waals surface area contributed by atoms with Gasteiger partial charge in [0.15, 0.2) is 0 Å². The highest BCUT2D eigenvalue weighted by molar-refractivity contribution is 7.97. The van der Waals surface area contributed by atoms with Gasteiger partial charge in [-0.2, -0.15) is 0 Å². The Morgan fingerprint density at radius 1 is 1.21 bits per heavy atom. The molecule has 0 radical (unpaired) electrons. The van der Waals surface area contributed by atoms with E-state index in [0.29, 0.717) is 6.61 Å². The first kappa shape index (κ1) is 20.7. The maximum atomic E-state index is 13.0. The first-order chi connectivity index (χ1) is 13.6. The number of hydrogen-bond acceptors (Lipinski definition) is 5. The molecule has 0 spiro atoms. The molecule has 0 bridgehead atoms. The largest absolute Gasteiger partial charge is 0.492 e. The SMILES string of the molecule is CC(COc1ccc(Nc2ccc(F)cc2)c(C=N)c1)NSCC1CCCC1. The summed E-state index contributed by atoms with van der Waals surface area (Å²) in [5.74, 6) is 2.50. The summed E-state index contributed by atoms with van der Waals surface area (Å²) >= 11 is 1.80. The summed E-state index contributed by atoms with van der Waals surface area (Å²) in [7, 11) is 0. The molecule has 6 heteroatoms. The number of anilines is 2. The van der Waals surface area contributed by atoms with Gasteiger partial charge in [-0.05, 0) is 68.1 Å². The second-order valence-electron chi connectivity index (χ2n) is 7.32. The highest BCUT2D eigenvalue weighted by Crippen LogP contribution is 2.27. The van der Waals surface area contributed by atoms with Crippen molar-refractivity contribution < 1.29 is 9.13 Å². The van der Waals surface area contributed by atoms with Crippen LogP contribution in [0.15, 0.2) is 42.5 Å². The molecule has 28 heavy (non-hydrogen) atoms. The Bertz CT molecular complexity index is 763. The molecule has 0 heterocycles. The lowest BCUT2D eigenvalue weighted by atomic mass is 10.1. The Morgan fingerprint density at radius 2 is 1.96 bits per heavy atom. The molecule has 1 aliphatic carbocycles. The monoisotopic (exact) mass is 401 g/mol. The van der Waals surface area contributed by atoms with Crippen LogP contribution < -0.4 is 14.8 Å². The van der Waals surface area contributed by atoms with Crippen LogP contribution in [0.25, 0.3) is 0 Å². The van der Waals surface area contributed by atoms with Gasteiger partial charge in [-0.1, -0.05) is 24.8 Å². The molecule has 0 aromatic heterocycles. The zero-order valence-corrected chi connectivity index (χ0v) is 17.0. The zero-order chi connectivity index (χ0) is 19.8. The second-order valence-corrected chi connectivity index (χ2v) is 8.17. The van der Waals surface area contributed by atoms with Crippen molar-refractivity contribution >= 4 is 29.5 Å². The van der Waals surface area contributed by atoms with E-state index in [1.165, 1.54) is 49.8 Å². The molecule has 1 unspecified atom stereocenters. The van der Waals surface area contributed by atoms with Gasteiger partial charge in [0.25, 0.3) is 0 Å². The van der Waals surface area contributed by atoms with Crippen LogP contribution in [0.5, 0.6) is 5.75 Å². The van der Waals surface area contributed by atoms with Gasteiger partial charge in [-0.15, -0.1) is 0 Å². The molecule has 1 aliphatic rings. The Labute approximate surface area is 170 Å². The highest BCUT2D eigenvalue weighted by atomic mass is 32.2. The maximum absolute atomic E-state index is 13.0. The van der Waals surface area contributed by atoms with E-state index < -0.39 is 0 Å². The van der Waals surface area contributed by atoms with Crippen LogP contribution in [0.1, 0.15) is 38.2 Å². The normalized spacial score (nSPS) is 15.4. The molecule has 0 saturated heterocycles. The van der Waals surface area contributed by atoms with Gasteiger partial charge < -0.3 is 15.5 Å². The number of ether oxygens (including phenoxy) is 1. The lowest BCUT2D eigenvalue weighted by molar-refractivity contribution is 0.290. The van der Waals surface area contributed by atoms with E-state index in [4.69, 9.17) is 10.1 Å². The quantitative estimate of drug-likeness (QED) is 0.350. The molecule has 1 fully saturated rings. The van der Waals surface area contributed by atoms with Crippen molar-refractivity contribution in [1.29, 1.82) is 5.41 Å². The average molecular weight is 402 g/mol. The van der Waals surface area contributed by atoms with Crippen LogP contribution in [0.3, 0.4) is 0 Å². The van der Waals surface area contributed by atoms with Crippen LogP contribution in [-0.2, 0) is 0 Å². The topological polar surface area (TPSA) is 57.1 Å². The van der Waals surface area contributed by atoms with Crippen LogP contribution in [0.2, 0.25) is 0 Å². The van der Waals surface area contributed by atoms with E-state index >= 15 is 0 Å². The Morgan fingerprint density at radius 3 is 2.68 bits per heavy atom. The van der Waals surface area contributed by atoms with Gasteiger partial charge in [-0.3, -0.25) is 4.72 Å². The molecule has 2 aromatic rings. The fourth-order valence-corrected chi connectivity index (χ4v) is 4.31. The van der Waals surface area contributed by atoms with Gasteiger partial charge in [0.05, 0.1) is 0 Å². The summed E-state index contributed by atoms with van der Waals surface area (Å²) in [4.78, 5) is 0.